The molecule has 2 unspecified atom stereocenters. The number of aryl methyl sites for hydroxylation is 1. The van der Waals surface area contributed by atoms with Gasteiger partial charge in [-0.3, -0.25) is 13.9 Å². The molecule has 0 heterocycles. The van der Waals surface area contributed by atoms with Crippen molar-refractivity contribution in [2.45, 2.75) is 59.2 Å². The van der Waals surface area contributed by atoms with Crippen LogP contribution in [0, 0.1) is 6.92 Å². The zero-order chi connectivity index (χ0) is 26.2. The van der Waals surface area contributed by atoms with Gasteiger partial charge in [0, 0.05) is 12.6 Å². The standard InChI is InChI=1S/C26H37N3O5S/c1-7-20(4)27-26(31)24(8-2)28(17-21-11-9-10-19(3)16-21)25(30)18-29(35(6,32)33)22-12-14-23(34-5)15-13-22/h9-16,20,24H,7-8,17-18H2,1-6H3,(H,27,31). The van der Waals surface area contributed by atoms with Crippen LogP contribution in [0.4, 0.5) is 5.69 Å². The number of carbonyl (C=O) groups is 2. The first-order valence-electron chi connectivity index (χ1n) is 11.8. The molecule has 2 amide bonds. The molecule has 0 bridgehead atoms. The number of nitrogens with zero attached hydrogens (tertiary/aromatic N) is 2. The molecule has 0 aliphatic rings. The Hall–Kier alpha value is -3.07. The Morgan fingerprint density at radius 3 is 2.23 bits per heavy atom. The normalized spacial score (nSPS) is 13.0. The number of rotatable bonds is 12. The van der Waals surface area contributed by atoms with Gasteiger partial charge in [0.1, 0.15) is 18.3 Å². The molecule has 0 saturated heterocycles. The highest BCUT2D eigenvalue weighted by atomic mass is 32.2. The second-order valence-electron chi connectivity index (χ2n) is 8.72. The van der Waals surface area contributed by atoms with Gasteiger partial charge < -0.3 is 15.0 Å². The van der Waals surface area contributed by atoms with E-state index in [9.17, 15) is 18.0 Å². The van der Waals surface area contributed by atoms with E-state index < -0.39 is 28.5 Å². The third kappa shape index (κ3) is 7.99. The van der Waals surface area contributed by atoms with E-state index in [2.05, 4.69) is 5.32 Å². The van der Waals surface area contributed by atoms with Crippen LogP contribution in [0.25, 0.3) is 0 Å². The molecule has 1 N–H and O–H groups in total. The molecule has 2 aromatic carbocycles. The largest absolute Gasteiger partial charge is 0.497 e. The van der Waals surface area contributed by atoms with Crippen LogP contribution in [-0.4, -0.2) is 57.1 Å². The van der Waals surface area contributed by atoms with E-state index in [1.165, 1.54) is 12.0 Å². The molecule has 0 aliphatic heterocycles. The molecular formula is C26H37N3O5S. The molecule has 0 radical (unpaired) electrons. The second-order valence-corrected chi connectivity index (χ2v) is 10.6. The van der Waals surface area contributed by atoms with Gasteiger partial charge in [0.15, 0.2) is 0 Å². The summed E-state index contributed by atoms with van der Waals surface area (Å²) in [5.41, 5.74) is 2.24. The van der Waals surface area contributed by atoms with E-state index in [1.807, 2.05) is 52.0 Å². The minimum absolute atomic E-state index is 0.0423. The van der Waals surface area contributed by atoms with Gasteiger partial charge in [0.05, 0.1) is 19.1 Å². The van der Waals surface area contributed by atoms with Crippen LogP contribution in [-0.2, 0) is 26.2 Å². The molecule has 8 nitrogen and oxygen atoms in total. The van der Waals surface area contributed by atoms with E-state index in [-0.39, 0.29) is 18.5 Å². The van der Waals surface area contributed by atoms with Gasteiger partial charge in [-0.25, -0.2) is 8.42 Å². The summed E-state index contributed by atoms with van der Waals surface area (Å²) in [5, 5.41) is 2.96. The molecule has 2 rings (SSSR count). The van der Waals surface area contributed by atoms with Crippen molar-refractivity contribution in [3.05, 3.63) is 59.7 Å². The van der Waals surface area contributed by atoms with Gasteiger partial charge in [-0.2, -0.15) is 0 Å². The van der Waals surface area contributed by atoms with Crippen molar-refractivity contribution < 1.29 is 22.7 Å². The van der Waals surface area contributed by atoms with Crippen molar-refractivity contribution in [1.29, 1.82) is 0 Å². The van der Waals surface area contributed by atoms with Gasteiger partial charge in [-0.1, -0.05) is 43.7 Å². The number of hydrogen-bond acceptors (Lipinski definition) is 5. The van der Waals surface area contributed by atoms with Gasteiger partial charge in [0.2, 0.25) is 21.8 Å². The molecule has 2 aromatic rings. The van der Waals surface area contributed by atoms with Crippen molar-refractivity contribution in [2.24, 2.45) is 0 Å². The number of amides is 2. The lowest BCUT2D eigenvalue weighted by molar-refractivity contribution is -0.140. The highest BCUT2D eigenvalue weighted by molar-refractivity contribution is 7.92. The van der Waals surface area contributed by atoms with E-state index in [0.717, 1.165) is 28.1 Å². The van der Waals surface area contributed by atoms with Crippen molar-refractivity contribution in [3.8, 4) is 5.75 Å². The first kappa shape index (κ1) is 28.2. The summed E-state index contributed by atoms with van der Waals surface area (Å²) in [7, 11) is -2.26. The molecule has 9 heteroatoms. The number of sulfonamides is 1. The summed E-state index contributed by atoms with van der Waals surface area (Å²) in [6.07, 6.45) is 2.21. The van der Waals surface area contributed by atoms with Crippen molar-refractivity contribution in [1.82, 2.24) is 10.2 Å². The summed E-state index contributed by atoms with van der Waals surface area (Å²) in [4.78, 5) is 28.3. The van der Waals surface area contributed by atoms with Gasteiger partial charge >= 0.3 is 0 Å². The first-order chi connectivity index (χ1) is 16.5. The van der Waals surface area contributed by atoms with E-state index in [4.69, 9.17) is 4.74 Å². The summed E-state index contributed by atoms with van der Waals surface area (Å²) in [5.74, 6) is -0.139. The lowest BCUT2D eigenvalue weighted by Gasteiger charge is -2.33. The average molecular weight is 504 g/mol. The predicted molar refractivity (Wildman–Crippen MR) is 139 cm³/mol. The molecule has 192 valence electrons. The second kappa shape index (κ2) is 12.6. The monoisotopic (exact) mass is 503 g/mol. The molecule has 35 heavy (non-hydrogen) atoms. The summed E-state index contributed by atoms with van der Waals surface area (Å²) in [6.45, 7) is 7.44. The number of ether oxygens (including phenoxy) is 1. The average Bonchev–Trinajstić information content (AvgIpc) is 2.81. The van der Waals surface area contributed by atoms with Gasteiger partial charge in [-0.05, 0) is 56.5 Å². The molecule has 0 aromatic heterocycles. The number of carbonyl (C=O) groups excluding carboxylic acids is 2. The van der Waals surface area contributed by atoms with Crippen LogP contribution in [0.1, 0.15) is 44.7 Å². The van der Waals surface area contributed by atoms with Crippen molar-refractivity contribution in [2.75, 3.05) is 24.2 Å². The quantitative estimate of drug-likeness (QED) is 0.478. The van der Waals surface area contributed by atoms with E-state index in [0.29, 0.717) is 17.9 Å². The third-order valence-electron chi connectivity index (χ3n) is 5.86. The summed E-state index contributed by atoms with van der Waals surface area (Å²) >= 11 is 0. The van der Waals surface area contributed by atoms with E-state index >= 15 is 0 Å². The highest BCUT2D eigenvalue weighted by Crippen LogP contribution is 2.23. The van der Waals surface area contributed by atoms with Crippen LogP contribution >= 0.6 is 0 Å². The molecule has 0 fully saturated rings. The van der Waals surface area contributed by atoms with Crippen LogP contribution in [0.3, 0.4) is 0 Å². The Kier molecular flexibility index (Phi) is 10.1. The zero-order valence-corrected chi connectivity index (χ0v) is 22.3. The van der Waals surface area contributed by atoms with Gasteiger partial charge in [-0.15, -0.1) is 0 Å². The summed E-state index contributed by atoms with van der Waals surface area (Å²) < 4.78 is 31.5. The molecule has 0 saturated carbocycles. The third-order valence-corrected chi connectivity index (χ3v) is 7.00. The number of hydrogen-bond donors (Lipinski definition) is 1. The predicted octanol–water partition coefficient (Wildman–Crippen LogP) is 3.49. The Bertz CT molecular complexity index is 1100. The Morgan fingerprint density at radius 1 is 1.06 bits per heavy atom. The fourth-order valence-corrected chi connectivity index (χ4v) is 4.58. The molecule has 0 spiro atoms. The van der Waals surface area contributed by atoms with Crippen LogP contribution < -0.4 is 14.4 Å². The van der Waals surface area contributed by atoms with Crippen molar-refractivity contribution >= 4 is 27.5 Å². The Balaban J connectivity index is 2.43. The maximum absolute atomic E-state index is 13.7. The van der Waals surface area contributed by atoms with Gasteiger partial charge in [0.25, 0.3) is 0 Å². The minimum Gasteiger partial charge on any atom is -0.497 e. The van der Waals surface area contributed by atoms with Crippen molar-refractivity contribution in [3.63, 3.8) is 0 Å². The first-order valence-corrected chi connectivity index (χ1v) is 13.6. The highest BCUT2D eigenvalue weighted by Gasteiger charge is 2.32. The molecule has 0 aliphatic carbocycles. The lowest BCUT2D eigenvalue weighted by atomic mass is 10.1. The topological polar surface area (TPSA) is 96.0 Å². The number of benzene rings is 2. The number of methoxy groups -OCH3 is 1. The minimum atomic E-state index is -3.78. The fourth-order valence-electron chi connectivity index (χ4n) is 3.73. The van der Waals surface area contributed by atoms with Crippen LogP contribution in [0.15, 0.2) is 48.5 Å². The number of nitrogens with one attached hydrogen (secondary N) is 1. The Labute approximate surface area is 209 Å². The maximum Gasteiger partial charge on any atom is 0.244 e. The van der Waals surface area contributed by atoms with Crippen LogP contribution in [0.2, 0.25) is 0 Å². The fraction of sp³-hybridized carbons (Fsp3) is 0.462. The summed E-state index contributed by atoms with van der Waals surface area (Å²) in [6, 6.07) is 13.4. The Morgan fingerprint density at radius 2 is 1.71 bits per heavy atom. The number of anilines is 1. The SMILES string of the molecule is CCC(C)NC(=O)C(CC)N(Cc1cccc(C)c1)C(=O)CN(c1ccc(OC)cc1)S(C)(=O)=O. The zero-order valence-electron chi connectivity index (χ0n) is 21.4. The van der Waals surface area contributed by atoms with Crippen LogP contribution in [0.5, 0.6) is 5.75 Å². The maximum atomic E-state index is 13.7. The van der Waals surface area contributed by atoms with E-state index in [1.54, 1.807) is 24.3 Å². The smallest absolute Gasteiger partial charge is 0.244 e. The lowest BCUT2D eigenvalue weighted by Crippen LogP contribution is -2.53. The molecule has 2 atom stereocenters. The molecular weight excluding hydrogens is 466 g/mol.